The Morgan fingerprint density at radius 2 is 1.08 bits per heavy atom. The van der Waals surface area contributed by atoms with E-state index >= 15 is 0 Å². The highest BCUT2D eigenvalue weighted by Crippen LogP contribution is 2.18. The average Bonchev–Trinajstić information content (AvgIpc) is 2.91. The lowest BCUT2D eigenvalue weighted by Crippen LogP contribution is -2.18. The van der Waals surface area contributed by atoms with Gasteiger partial charge in [-0.25, -0.2) is 0 Å². The Morgan fingerprint density at radius 1 is 0.590 bits per heavy atom. The molecule has 1 N–H and O–H groups in total. The molecule has 0 rings (SSSR count). The fourth-order valence-corrected chi connectivity index (χ4v) is 4.73. The zero-order valence-corrected chi connectivity index (χ0v) is 25.7. The van der Waals surface area contributed by atoms with Crippen molar-refractivity contribution in [3.05, 3.63) is 36.5 Å². The van der Waals surface area contributed by atoms with Crippen LogP contribution in [0, 0.1) is 0 Å². The highest BCUT2D eigenvalue weighted by Gasteiger charge is 2.14. The summed E-state index contributed by atoms with van der Waals surface area (Å²) < 4.78 is 5.88. The Hall–Kier alpha value is -1.84. The molecule has 1 atom stereocenters. The summed E-state index contributed by atoms with van der Waals surface area (Å²) in [5.74, 6) is -0.745. The first-order valence-corrected chi connectivity index (χ1v) is 16.5. The van der Waals surface area contributed by atoms with Crippen LogP contribution in [-0.4, -0.2) is 23.1 Å². The number of unbranched alkanes of at least 4 members (excludes halogenated alkanes) is 14. The lowest BCUT2D eigenvalue weighted by Gasteiger charge is -2.18. The van der Waals surface area contributed by atoms with Crippen molar-refractivity contribution in [3.8, 4) is 0 Å². The summed E-state index contributed by atoms with van der Waals surface area (Å²) in [6.07, 6.45) is 38.8. The van der Waals surface area contributed by atoms with E-state index in [4.69, 9.17) is 9.84 Å². The van der Waals surface area contributed by atoms with Crippen molar-refractivity contribution in [2.24, 2.45) is 0 Å². The maximum atomic E-state index is 12.5. The van der Waals surface area contributed by atoms with Crippen LogP contribution in [0.2, 0.25) is 0 Å². The third-order valence-corrected chi connectivity index (χ3v) is 7.13. The van der Waals surface area contributed by atoms with E-state index in [1.165, 1.54) is 64.2 Å². The number of rotatable bonds is 29. The smallest absolute Gasteiger partial charge is 0.306 e. The van der Waals surface area contributed by atoms with E-state index in [-0.39, 0.29) is 18.5 Å². The summed E-state index contributed by atoms with van der Waals surface area (Å²) in [4.78, 5) is 23.1. The van der Waals surface area contributed by atoms with Crippen LogP contribution in [0.1, 0.15) is 168 Å². The fraction of sp³-hybridized carbons (Fsp3) is 0.771. The summed E-state index contributed by atoms with van der Waals surface area (Å²) in [5, 5.41) is 8.77. The Labute approximate surface area is 241 Å². The number of esters is 1. The first-order valence-electron chi connectivity index (χ1n) is 16.5. The maximum absolute atomic E-state index is 12.5. The van der Waals surface area contributed by atoms with E-state index in [0.29, 0.717) is 6.42 Å². The van der Waals surface area contributed by atoms with Crippen molar-refractivity contribution in [1.29, 1.82) is 0 Å². The van der Waals surface area contributed by atoms with Gasteiger partial charge in [-0.05, 0) is 70.6 Å². The van der Waals surface area contributed by atoms with Gasteiger partial charge in [-0.15, -0.1) is 0 Å². The monoisotopic (exact) mass is 546 g/mol. The van der Waals surface area contributed by atoms with Gasteiger partial charge in [-0.1, -0.05) is 121 Å². The molecule has 0 radical (unpaired) electrons. The number of carbonyl (C=O) groups excluding carboxylic acids is 1. The third kappa shape index (κ3) is 30.6. The topological polar surface area (TPSA) is 63.6 Å². The Balaban J connectivity index is 3.85. The number of carboxylic acid groups (broad SMARTS) is 1. The van der Waals surface area contributed by atoms with Crippen molar-refractivity contribution in [3.63, 3.8) is 0 Å². The van der Waals surface area contributed by atoms with Crippen LogP contribution in [-0.2, 0) is 14.3 Å². The molecule has 0 spiro atoms. The number of carbonyl (C=O) groups is 2. The van der Waals surface area contributed by atoms with Gasteiger partial charge in [-0.2, -0.15) is 0 Å². The summed E-state index contributed by atoms with van der Waals surface area (Å²) in [5.41, 5.74) is 0. The van der Waals surface area contributed by atoms with E-state index in [1.807, 2.05) is 0 Å². The lowest BCUT2D eigenvalue weighted by atomic mass is 10.0. The number of hydrogen-bond donors (Lipinski definition) is 1. The molecule has 1 unspecified atom stereocenters. The number of allylic oxidation sites excluding steroid dienone is 6. The minimum Gasteiger partial charge on any atom is -0.481 e. The van der Waals surface area contributed by atoms with Crippen LogP contribution in [0.3, 0.4) is 0 Å². The van der Waals surface area contributed by atoms with Crippen molar-refractivity contribution in [2.75, 3.05) is 0 Å². The summed E-state index contributed by atoms with van der Waals surface area (Å²) in [7, 11) is 0. The molecule has 0 aromatic carbocycles. The predicted octanol–water partition coefficient (Wildman–Crippen LogP) is 11.1. The molecular formula is C35H62O4. The Kier molecular flexibility index (Phi) is 29.2. The SMILES string of the molecule is CC/C=C\C/C=C\C/C=C\CCCCCCCCCC(=O)OC(CCCCCCC)CCCCCCC(=O)O. The second-order valence-electron chi connectivity index (χ2n) is 11.0. The summed E-state index contributed by atoms with van der Waals surface area (Å²) in [6.45, 7) is 4.39. The van der Waals surface area contributed by atoms with Crippen molar-refractivity contribution >= 4 is 11.9 Å². The van der Waals surface area contributed by atoms with Crippen LogP contribution in [0.5, 0.6) is 0 Å². The number of hydrogen-bond acceptors (Lipinski definition) is 3. The van der Waals surface area contributed by atoms with Gasteiger partial charge in [0.25, 0.3) is 0 Å². The van der Waals surface area contributed by atoms with E-state index in [9.17, 15) is 9.59 Å². The van der Waals surface area contributed by atoms with Gasteiger partial charge in [0.2, 0.25) is 0 Å². The number of carboxylic acids is 1. The molecule has 0 amide bonds. The van der Waals surface area contributed by atoms with Gasteiger partial charge in [0.1, 0.15) is 6.10 Å². The summed E-state index contributed by atoms with van der Waals surface area (Å²) in [6, 6.07) is 0. The van der Waals surface area contributed by atoms with E-state index < -0.39 is 5.97 Å². The molecule has 0 saturated carbocycles. The second-order valence-corrected chi connectivity index (χ2v) is 11.0. The van der Waals surface area contributed by atoms with Crippen LogP contribution >= 0.6 is 0 Å². The maximum Gasteiger partial charge on any atom is 0.306 e. The zero-order valence-electron chi connectivity index (χ0n) is 25.7. The molecule has 0 aliphatic heterocycles. The van der Waals surface area contributed by atoms with Gasteiger partial charge >= 0.3 is 11.9 Å². The van der Waals surface area contributed by atoms with Crippen molar-refractivity contribution in [2.45, 2.75) is 174 Å². The zero-order chi connectivity index (χ0) is 28.7. The molecule has 0 aromatic heterocycles. The molecule has 4 nitrogen and oxygen atoms in total. The fourth-order valence-electron chi connectivity index (χ4n) is 4.73. The molecule has 0 heterocycles. The van der Waals surface area contributed by atoms with Crippen LogP contribution in [0.15, 0.2) is 36.5 Å². The van der Waals surface area contributed by atoms with Gasteiger partial charge in [-0.3, -0.25) is 9.59 Å². The number of aliphatic carboxylic acids is 1. The van der Waals surface area contributed by atoms with Crippen LogP contribution < -0.4 is 0 Å². The molecule has 0 aliphatic carbocycles. The first kappa shape index (κ1) is 37.2. The third-order valence-electron chi connectivity index (χ3n) is 7.13. The van der Waals surface area contributed by atoms with Gasteiger partial charge in [0.15, 0.2) is 0 Å². The molecule has 39 heavy (non-hydrogen) atoms. The molecule has 0 fully saturated rings. The minimum atomic E-state index is -0.716. The van der Waals surface area contributed by atoms with Crippen molar-refractivity contribution in [1.82, 2.24) is 0 Å². The number of ether oxygens (including phenoxy) is 1. The van der Waals surface area contributed by atoms with Crippen LogP contribution in [0.25, 0.3) is 0 Å². The Morgan fingerprint density at radius 3 is 1.67 bits per heavy atom. The van der Waals surface area contributed by atoms with Crippen molar-refractivity contribution < 1.29 is 19.4 Å². The van der Waals surface area contributed by atoms with E-state index in [2.05, 4.69) is 50.3 Å². The molecule has 0 bridgehead atoms. The second kappa shape index (κ2) is 30.7. The largest absolute Gasteiger partial charge is 0.481 e. The minimum absolute atomic E-state index is 0.0292. The highest BCUT2D eigenvalue weighted by molar-refractivity contribution is 5.69. The molecule has 226 valence electrons. The van der Waals surface area contributed by atoms with E-state index in [0.717, 1.165) is 77.0 Å². The van der Waals surface area contributed by atoms with Gasteiger partial charge < -0.3 is 9.84 Å². The van der Waals surface area contributed by atoms with E-state index in [1.54, 1.807) is 0 Å². The predicted molar refractivity (Wildman–Crippen MR) is 167 cm³/mol. The Bertz CT molecular complexity index is 635. The normalized spacial score (nSPS) is 12.7. The first-order chi connectivity index (χ1) is 19.1. The summed E-state index contributed by atoms with van der Waals surface area (Å²) >= 11 is 0. The molecule has 0 saturated heterocycles. The van der Waals surface area contributed by atoms with Gasteiger partial charge in [0, 0.05) is 12.8 Å². The van der Waals surface area contributed by atoms with Gasteiger partial charge in [0.05, 0.1) is 0 Å². The molecular weight excluding hydrogens is 484 g/mol. The lowest BCUT2D eigenvalue weighted by molar-refractivity contribution is -0.150. The standard InChI is InChI=1S/C35H62O4/c1-3-5-7-9-10-11-12-13-14-15-16-17-18-19-20-22-28-32-35(38)39-33(29-25-21-8-6-4-2)30-26-23-24-27-31-34(36)37/h5,7,10-11,13-14,33H,3-4,6,8-9,12,15-32H2,1-2H3,(H,36,37)/b7-5-,11-10-,14-13-. The quantitative estimate of drug-likeness (QED) is 0.0575. The highest BCUT2D eigenvalue weighted by atomic mass is 16.5. The molecule has 0 aliphatic rings. The molecule has 0 aromatic rings. The average molecular weight is 547 g/mol. The van der Waals surface area contributed by atoms with Crippen LogP contribution in [0.4, 0.5) is 0 Å². The molecule has 4 heteroatoms.